The van der Waals surface area contributed by atoms with E-state index in [2.05, 4.69) is 47.4 Å². The molecular formula is C39H50FN9O4. The van der Waals surface area contributed by atoms with Crippen LogP contribution in [0.3, 0.4) is 0 Å². The van der Waals surface area contributed by atoms with Crippen LogP contribution in [0.5, 0.6) is 0 Å². The SMILES string of the molecule is Cc1cc(N2CCN(CC3CCN(c4ccc(Nc5ncc6c(n5)CN(C(=O)OC(C)(C)C)CC6)cc4F)CC3)CC2)ccc1N1CCC(=O)NC1=O. The Balaban J connectivity index is 0.869. The molecule has 0 aliphatic carbocycles. The van der Waals surface area contributed by atoms with Gasteiger partial charge in [-0.2, -0.15) is 0 Å². The first kappa shape index (κ1) is 36.4. The van der Waals surface area contributed by atoms with Gasteiger partial charge in [-0.25, -0.2) is 23.9 Å². The number of carbonyl (C=O) groups is 3. The second-order valence-electron chi connectivity index (χ2n) is 15.6. The van der Waals surface area contributed by atoms with Crippen molar-refractivity contribution < 1.29 is 23.5 Å². The number of benzene rings is 2. The number of hydrogen-bond donors (Lipinski definition) is 2. The molecule has 0 saturated carbocycles. The number of piperidine rings is 1. The van der Waals surface area contributed by atoms with Gasteiger partial charge in [0, 0.05) is 88.6 Å². The fourth-order valence-corrected chi connectivity index (χ4v) is 7.66. The highest BCUT2D eigenvalue weighted by atomic mass is 19.1. The van der Waals surface area contributed by atoms with E-state index >= 15 is 4.39 Å². The van der Waals surface area contributed by atoms with Gasteiger partial charge in [-0.1, -0.05) is 0 Å². The molecule has 4 amide bonds. The molecule has 14 heteroatoms. The molecule has 53 heavy (non-hydrogen) atoms. The first-order valence-electron chi connectivity index (χ1n) is 18.7. The number of amides is 4. The van der Waals surface area contributed by atoms with E-state index in [-0.39, 0.29) is 23.8 Å². The first-order chi connectivity index (χ1) is 25.4. The lowest BCUT2D eigenvalue weighted by Crippen LogP contribution is -2.50. The predicted octanol–water partition coefficient (Wildman–Crippen LogP) is 5.45. The Bertz CT molecular complexity index is 1850. The van der Waals surface area contributed by atoms with Gasteiger partial charge in [0.25, 0.3) is 0 Å². The lowest BCUT2D eigenvalue weighted by atomic mass is 9.95. The van der Waals surface area contributed by atoms with E-state index in [4.69, 9.17) is 4.74 Å². The van der Waals surface area contributed by atoms with Gasteiger partial charge in [0.05, 0.1) is 17.9 Å². The Hall–Kier alpha value is -4.98. The zero-order chi connectivity index (χ0) is 37.3. The molecule has 0 radical (unpaired) electrons. The third-order valence-electron chi connectivity index (χ3n) is 10.5. The summed E-state index contributed by atoms with van der Waals surface area (Å²) >= 11 is 0. The second kappa shape index (κ2) is 15.2. The average molecular weight is 728 g/mol. The molecule has 0 bridgehead atoms. The van der Waals surface area contributed by atoms with Crippen LogP contribution in [0, 0.1) is 18.7 Å². The van der Waals surface area contributed by atoms with Crippen LogP contribution in [0.1, 0.15) is 56.9 Å². The molecule has 0 atom stereocenters. The van der Waals surface area contributed by atoms with Crippen LogP contribution in [-0.4, -0.2) is 102 Å². The second-order valence-corrected chi connectivity index (χ2v) is 15.6. The van der Waals surface area contributed by atoms with E-state index in [0.717, 1.165) is 86.9 Å². The van der Waals surface area contributed by atoms with Gasteiger partial charge < -0.3 is 24.8 Å². The molecule has 3 saturated heterocycles. The van der Waals surface area contributed by atoms with Gasteiger partial charge in [0.1, 0.15) is 11.4 Å². The first-order valence-corrected chi connectivity index (χ1v) is 18.7. The molecular weight excluding hydrogens is 677 g/mol. The molecule has 13 nitrogen and oxygen atoms in total. The van der Waals surface area contributed by atoms with Crippen molar-refractivity contribution in [1.29, 1.82) is 0 Å². The van der Waals surface area contributed by atoms with Gasteiger partial charge >= 0.3 is 12.1 Å². The molecule has 0 unspecified atom stereocenters. The number of rotatable bonds is 7. The molecule has 4 aliphatic rings. The van der Waals surface area contributed by atoms with Crippen molar-refractivity contribution in [3.63, 3.8) is 0 Å². The van der Waals surface area contributed by atoms with E-state index in [0.29, 0.717) is 55.7 Å². The maximum absolute atomic E-state index is 15.5. The largest absolute Gasteiger partial charge is 0.444 e. The normalized spacial score (nSPS) is 18.9. The molecule has 3 aromatic rings. The summed E-state index contributed by atoms with van der Waals surface area (Å²) in [4.78, 5) is 56.0. The van der Waals surface area contributed by atoms with Crippen molar-refractivity contribution in [2.24, 2.45) is 5.92 Å². The Morgan fingerprint density at radius 1 is 0.943 bits per heavy atom. The highest BCUT2D eigenvalue weighted by Crippen LogP contribution is 2.31. The summed E-state index contributed by atoms with van der Waals surface area (Å²) in [5.41, 5.74) is 5.36. The number of imide groups is 1. The zero-order valence-corrected chi connectivity index (χ0v) is 31.2. The molecule has 4 aliphatic heterocycles. The molecule has 282 valence electrons. The van der Waals surface area contributed by atoms with Crippen LogP contribution in [0.15, 0.2) is 42.6 Å². The highest BCUT2D eigenvalue weighted by Gasteiger charge is 2.29. The summed E-state index contributed by atoms with van der Waals surface area (Å²) in [5.74, 6) is 0.418. The predicted molar refractivity (Wildman–Crippen MR) is 202 cm³/mol. The maximum Gasteiger partial charge on any atom is 0.410 e. The summed E-state index contributed by atoms with van der Waals surface area (Å²) in [7, 11) is 0. The van der Waals surface area contributed by atoms with E-state index in [1.54, 1.807) is 16.0 Å². The van der Waals surface area contributed by atoms with Crippen LogP contribution < -0.4 is 25.3 Å². The number of halogens is 1. The van der Waals surface area contributed by atoms with Crippen LogP contribution in [-0.2, 0) is 22.5 Å². The Kier molecular flexibility index (Phi) is 10.4. The number of nitrogens with zero attached hydrogens (tertiary/aromatic N) is 7. The van der Waals surface area contributed by atoms with Gasteiger partial charge in [-0.3, -0.25) is 19.9 Å². The zero-order valence-electron chi connectivity index (χ0n) is 31.2. The number of hydrogen-bond acceptors (Lipinski definition) is 10. The van der Waals surface area contributed by atoms with Crippen molar-refractivity contribution in [2.45, 2.75) is 65.5 Å². The number of ether oxygens (including phenoxy) is 1. The lowest BCUT2D eigenvalue weighted by molar-refractivity contribution is -0.120. The number of anilines is 5. The van der Waals surface area contributed by atoms with E-state index in [9.17, 15) is 14.4 Å². The van der Waals surface area contributed by atoms with Crippen LogP contribution in [0.2, 0.25) is 0 Å². The molecule has 0 spiro atoms. The maximum atomic E-state index is 15.5. The van der Waals surface area contributed by atoms with Crippen molar-refractivity contribution in [3.8, 4) is 0 Å². The number of urea groups is 1. The monoisotopic (exact) mass is 727 g/mol. The quantitative estimate of drug-likeness (QED) is 0.325. The van der Waals surface area contributed by atoms with E-state index in [1.807, 2.05) is 45.9 Å². The number of carbonyl (C=O) groups excluding carboxylic acids is 3. The van der Waals surface area contributed by atoms with Crippen LogP contribution >= 0.6 is 0 Å². The number of aromatic nitrogens is 2. The van der Waals surface area contributed by atoms with Gasteiger partial charge in [0.2, 0.25) is 11.9 Å². The van der Waals surface area contributed by atoms with Crippen molar-refractivity contribution >= 4 is 46.7 Å². The third-order valence-corrected chi connectivity index (χ3v) is 10.5. The van der Waals surface area contributed by atoms with Gasteiger partial charge in [-0.05, 0) is 100 Å². The highest BCUT2D eigenvalue weighted by molar-refractivity contribution is 6.06. The number of aryl methyl sites for hydroxylation is 1. The number of fused-ring (bicyclic) bond motifs is 1. The standard InChI is InChI=1S/C39H50FN9O4/c1-26-21-30(6-8-33(26)49-16-12-35(50)44-37(49)51)46-19-17-45(18-20-46)24-27-9-13-47(14-10-27)34-7-5-29(22-31(34)40)42-36-41-23-28-11-15-48(25-32(28)43-36)38(52)53-39(2,3)4/h5-8,21-23,27H,9-20,24-25H2,1-4H3,(H,41,42,43)(H,44,50,51). The van der Waals surface area contributed by atoms with Crippen LogP contribution in [0.4, 0.5) is 42.7 Å². The lowest BCUT2D eigenvalue weighted by Gasteiger charge is -2.40. The molecule has 1 aromatic heterocycles. The Labute approximate surface area is 310 Å². The molecule has 7 rings (SSSR count). The minimum absolute atomic E-state index is 0.229. The fraction of sp³-hybridized carbons (Fsp3) is 0.513. The Morgan fingerprint density at radius 3 is 2.40 bits per heavy atom. The topological polar surface area (TPSA) is 126 Å². The fourth-order valence-electron chi connectivity index (χ4n) is 7.66. The van der Waals surface area contributed by atoms with Crippen molar-refractivity contribution in [1.82, 2.24) is 25.1 Å². The third kappa shape index (κ3) is 8.64. The Morgan fingerprint density at radius 2 is 1.70 bits per heavy atom. The minimum Gasteiger partial charge on any atom is -0.444 e. The van der Waals surface area contributed by atoms with Gasteiger partial charge in [-0.15, -0.1) is 0 Å². The molecule has 5 heterocycles. The summed E-state index contributed by atoms with van der Waals surface area (Å²) in [6.07, 6.45) is 4.40. The van der Waals surface area contributed by atoms with Crippen molar-refractivity contribution in [3.05, 3.63) is 65.2 Å². The minimum atomic E-state index is -0.572. The van der Waals surface area contributed by atoms with Crippen LogP contribution in [0.25, 0.3) is 0 Å². The summed E-state index contributed by atoms with van der Waals surface area (Å²) in [6.45, 7) is 15.3. The van der Waals surface area contributed by atoms with Crippen molar-refractivity contribution in [2.75, 3.05) is 78.9 Å². The summed E-state index contributed by atoms with van der Waals surface area (Å²) in [5, 5.41) is 5.55. The number of nitrogens with one attached hydrogen (secondary N) is 2. The summed E-state index contributed by atoms with van der Waals surface area (Å²) in [6, 6.07) is 11.0. The molecule has 3 fully saturated rings. The molecule has 2 N–H and O–H groups in total. The van der Waals surface area contributed by atoms with E-state index < -0.39 is 5.60 Å². The summed E-state index contributed by atoms with van der Waals surface area (Å²) < 4.78 is 21.0. The van der Waals surface area contributed by atoms with Gasteiger partial charge in [0.15, 0.2) is 0 Å². The molecule has 2 aromatic carbocycles. The average Bonchev–Trinajstić information content (AvgIpc) is 3.12. The smallest absolute Gasteiger partial charge is 0.410 e. The van der Waals surface area contributed by atoms with E-state index in [1.165, 1.54) is 6.07 Å². The number of piperazine rings is 1.